The summed E-state index contributed by atoms with van der Waals surface area (Å²) in [7, 11) is 3.53. The maximum absolute atomic E-state index is 14.7. The minimum atomic E-state index is -0.823. The van der Waals surface area contributed by atoms with Crippen LogP contribution in [-0.2, 0) is 25.5 Å². The fraction of sp³-hybridized carbons (Fsp3) is 0.600. The first-order chi connectivity index (χ1) is 25.9. The van der Waals surface area contributed by atoms with Gasteiger partial charge in [-0.2, -0.15) is 0 Å². The molecular formula is C45H67N3O5S. The largest absolute Gasteiger partial charge is 0.496 e. The van der Waals surface area contributed by atoms with E-state index in [1.54, 1.807) is 7.11 Å². The SMILES string of the molecule is CCCCCCCCCCCCCCCc1cccc(OC)c1C1C(C(=O)OC(C)C)=C(C)N(C)C(N2c3cc(C)ccc3NC2S)=C1C(=O)OC(C)C. The van der Waals surface area contributed by atoms with Crippen LogP contribution in [0.4, 0.5) is 11.4 Å². The standard InChI is InChI=1S/C45H67N3O5S/c1-10-11-12-13-14-15-16-17-18-19-20-21-22-24-34-25-23-26-37(51-9)39(34)40-38(43(49)52-30(2)3)33(7)47(8)42(41(40)44(50)53-31(4)5)48-36-29-32(6)27-28-35(36)46-45(48)54/h23,25-31,40,45-46,54H,10-22,24H2,1-9H3. The van der Waals surface area contributed by atoms with Crippen LogP contribution in [0.1, 0.15) is 148 Å². The average molecular weight is 762 g/mol. The highest BCUT2D eigenvalue weighted by atomic mass is 32.1. The van der Waals surface area contributed by atoms with Gasteiger partial charge in [0.25, 0.3) is 0 Å². The number of aryl methyl sites for hydroxylation is 2. The predicted molar refractivity (Wildman–Crippen MR) is 225 cm³/mol. The van der Waals surface area contributed by atoms with E-state index in [-0.39, 0.29) is 6.10 Å². The second-order valence-corrected chi connectivity index (χ2v) is 16.1. The summed E-state index contributed by atoms with van der Waals surface area (Å²) in [6, 6.07) is 12.2. The summed E-state index contributed by atoms with van der Waals surface area (Å²) in [4.78, 5) is 32.9. The summed E-state index contributed by atoms with van der Waals surface area (Å²) in [5.74, 6) is -0.579. The number of esters is 2. The third kappa shape index (κ3) is 10.8. The quantitative estimate of drug-likeness (QED) is 0.0739. The van der Waals surface area contributed by atoms with E-state index in [4.69, 9.17) is 26.8 Å². The molecule has 2 unspecified atom stereocenters. The molecule has 0 aliphatic carbocycles. The van der Waals surface area contributed by atoms with Gasteiger partial charge in [0, 0.05) is 18.3 Å². The van der Waals surface area contributed by atoms with Crippen molar-refractivity contribution in [3.63, 3.8) is 0 Å². The highest BCUT2D eigenvalue weighted by Gasteiger charge is 2.47. The molecule has 2 aromatic carbocycles. The topological polar surface area (TPSA) is 80.3 Å². The van der Waals surface area contributed by atoms with Gasteiger partial charge in [0.05, 0.1) is 47.8 Å². The van der Waals surface area contributed by atoms with Gasteiger partial charge in [-0.3, -0.25) is 4.90 Å². The predicted octanol–water partition coefficient (Wildman–Crippen LogP) is 11.2. The average Bonchev–Trinajstić information content (AvgIpc) is 3.44. The zero-order valence-corrected chi connectivity index (χ0v) is 35.5. The van der Waals surface area contributed by atoms with Crippen molar-refractivity contribution in [2.24, 2.45) is 0 Å². The minimum absolute atomic E-state index is 0.346. The number of fused-ring (bicyclic) bond motifs is 1. The Morgan fingerprint density at radius 1 is 0.796 bits per heavy atom. The van der Waals surface area contributed by atoms with Gasteiger partial charge in [0.1, 0.15) is 11.6 Å². The normalized spacial score (nSPS) is 17.0. The molecule has 298 valence electrons. The Kier molecular flexibility index (Phi) is 16.7. The molecule has 0 bridgehead atoms. The third-order valence-electron chi connectivity index (χ3n) is 10.5. The molecule has 0 aromatic heterocycles. The number of benzene rings is 2. The monoisotopic (exact) mass is 761 g/mol. The van der Waals surface area contributed by atoms with E-state index >= 15 is 0 Å². The second kappa shape index (κ2) is 20.9. The Labute approximate surface area is 331 Å². The molecule has 0 fully saturated rings. The molecule has 2 aliphatic rings. The number of nitrogens with zero attached hydrogens (tertiary/aromatic N) is 2. The number of hydrogen-bond donors (Lipinski definition) is 2. The van der Waals surface area contributed by atoms with Crippen LogP contribution in [0.3, 0.4) is 0 Å². The molecule has 0 saturated heterocycles. The number of thiol groups is 1. The van der Waals surface area contributed by atoms with E-state index in [0.717, 1.165) is 47.3 Å². The molecule has 0 spiro atoms. The van der Waals surface area contributed by atoms with Crippen LogP contribution >= 0.6 is 12.6 Å². The van der Waals surface area contributed by atoms with Crippen LogP contribution in [-0.4, -0.2) is 48.7 Å². The van der Waals surface area contributed by atoms with Gasteiger partial charge in [0.15, 0.2) is 5.50 Å². The zero-order valence-electron chi connectivity index (χ0n) is 34.6. The molecule has 4 rings (SSSR count). The van der Waals surface area contributed by atoms with Crippen molar-refractivity contribution in [2.75, 3.05) is 24.4 Å². The first kappa shape index (κ1) is 43.1. The molecule has 2 heterocycles. The number of unbranched alkanes of at least 4 members (excludes halogenated alkanes) is 12. The van der Waals surface area contributed by atoms with Crippen molar-refractivity contribution in [1.29, 1.82) is 0 Å². The Bertz CT molecular complexity index is 1630. The molecule has 2 aromatic rings. The molecule has 54 heavy (non-hydrogen) atoms. The molecule has 9 heteroatoms. The van der Waals surface area contributed by atoms with Gasteiger partial charge >= 0.3 is 11.9 Å². The second-order valence-electron chi connectivity index (χ2n) is 15.6. The third-order valence-corrected chi connectivity index (χ3v) is 10.9. The van der Waals surface area contributed by atoms with Crippen molar-refractivity contribution in [3.05, 3.63) is 75.8 Å². The summed E-state index contributed by atoms with van der Waals surface area (Å²) in [5.41, 5.74) is 5.64. The van der Waals surface area contributed by atoms with E-state index in [9.17, 15) is 9.59 Å². The Morgan fingerprint density at radius 3 is 1.91 bits per heavy atom. The zero-order chi connectivity index (χ0) is 39.4. The number of hydrogen-bond acceptors (Lipinski definition) is 9. The maximum Gasteiger partial charge on any atom is 0.338 e. The van der Waals surface area contributed by atoms with Crippen molar-refractivity contribution >= 4 is 35.9 Å². The smallest absolute Gasteiger partial charge is 0.338 e. The van der Waals surface area contributed by atoms with E-state index in [0.29, 0.717) is 28.4 Å². The van der Waals surface area contributed by atoms with E-state index in [2.05, 4.69) is 24.4 Å². The lowest BCUT2D eigenvalue weighted by Gasteiger charge is -2.42. The minimum Gasteiger partial charge on any atom is -0.496 e. The maximum atomic E-state index is 14.7. The molecule has 0 saturated carbocycles. The number of anilines is 2. The molecule has 2 atom stereocenters. The number of nitrogens with one attached hydrogen (secondary N) is 1. The van der Waals surface area contributed by atoms with E-state index < -0.39 is 29.5 Å². The number of allylic oxidation sites excluding steroid dienone is 1. The Morgan fingerprint density at radius 2 is 1.35 bits per heavy atom. The van der Waals surface area contributed by atoms with Crippen LogP contribution in [0, 0.1) is 6.92 Å². The lowest BCUT2D eigenvalue weighted by Crippen LogP contribution is -2.44. The van der Waals surface area contributed by atoms with Crippen molar-refractivity contribution in [2.45, 2.75) is 162 Å². The molecule has 0 radical (unpaired) electrons. The van der Waals surface area contributed by atoms with E-state index in [1.807, 2.05) is 82.7 Å². The van der Waals surface area contributed by atoms with Crippen molar-refractivity contribution in [3.8, 4) is 5.75 Å². The summed E-state index contributed by atoms with van der Waals surface area (Å²) >= 11 is 4.99. The molecule has 2 aliphatic heterocycles. The van der Waals surface area contributed by atoms with Gasteiger partial charge < -0.3 is 24.4 Å². The fourth-order valence-corrected chi connectivity index (χ4v) is 8.16. The molecule has 8 nitrogen and oxygen atoms in total. The number of carbonyl (C=O) groups is 2. The van der Waals surface area contributed by atoms with Crippen LogP contribution < -0.4 is 15.0 Å². The molecule has 1 N–H and O–H groups in total. The van der Waals surface area contributed by atoms with Crippen LogP contribution in [0.5, 0.6) is 5.75 Å². The number of methoxy groups -OCH3 is 1. The first-order valence-electron chi connectivity index (χ1n) is 20.5. The summed E-state index contributed by atoms with van der Waals surface area (Å²) in [5, 5.41) is 3.47. The Balaban J connectivity index is 1.73. The van der Waals surface area contributed by atoms with Gasteiger partial charge in [-0.15, -0.1) is 12.6 Å². The summed E-state index contributed by atoms with van der Waals surface area (Å²) in [6.45, 7) is 13.6. The highest BCUT2D eigenvalue weighted by Crippen LogP contribution is 2.50. The van der Waals surface area contributed by atoms with Gasteiger partial charge in [0.2, 0.25) is 0 Å². The lowest BCUT2D eigenvalue weighted by atomic mass is 9.77. The van der Waals surface area contributed by atoms with E-state index in [1.165, 1.54) is 70.6 Å². The van der Waals surface area contributed by atoms with Gasteiger partial charge in [-0.05, 0) is 83.7 Å². The summed E-state index contributed by atoms with van der Waals surface area (Å²) in [6.07, 6.45) is 16.7. The number of rotatable bonds is 21. The summed E-state index contributed by atoms with van der Waals surface area (Å²) < 4.78 is 18.1. The first-order valence-corrected chi connectivity index (χ1v) is 21.0. The molecular weight excluding hydrogens is 695 g/mol. The number of ether oxygens (including phenoxy) is 3. The van der Waals surface area contributed by atoms with Gasteiger partial charge in [-0.25, -0.2) is 9.59 Å². The van der Waals surface area contributed by atoms with Crippen LogP contribution in [0.25, 0.3) is 0 Å². The van der Waals surface area contributed by atoms with Crippen molar-refractivity contribution < 1.29 is 23.8 Å². The van der Waals surface area contributed by atoms with Crippen LogP contribution in [0.15, 0.2) is 59.1 Å². The lowest BCUT2D eigenvalue weighted by molar-refractivity contribution is -0.143. The highest BCUT2D eigenvalue weighted by molar-refractivity contribution is 7.81. The Hall–Kier alpha value is -3.59. The molecule has 0 amide bonds. The number of carbonyl (C=O) groups excluding carboxylic acids is 2. The van der Waals surface area contributed by atoms with Crippen molar-refractivity contribution in [1.82, 2.24) is 4.90 Å². The van der Waals surface area contributed by atoms with Crippen LogP contribution in [0.2, 0.25) is 0 Å². The fourth-order valence-electron chi connectivity index (χ4n) is 7.79. The van der Waals surface area contributed by atoms with Gasteiger partial charge in [-0.1, -0.05) is 102 Å².